The van der Waals surface area contributed by atoms with Crippen molar-refractivity contribution in [3.05, 3.63) is 11.4 Å². The fraction of sp³-hybridized carbons (Fsp3) is 0.667. The molecule has 3 nitrogen and oxygen atoms in total. The Morgan fingerprint density at radius 1 is 1.33 bits per heavy atom. The summed E-state index contributed by atoms with van der Waals surface area (Å²) in [5, 5.41) is 3.14. The minimum absolute atomic E-state index is 0.560. The number of rotatable bonds is 3. The van der Waals surface area contributed by atoms with Crippen LogP contribution in [0.15, 0.2) is 16.4 Å². The summed E-state index contributed by atoms with van der Waals surface area (Å²) in [7, 11) is 1.91. The van der Waals surface area contributed by atoms with Gasteiger partial charge >= 0.3 is 0 Å². The van der Waals surface area contributed by atoms with Crippen LogP contribution in [0, 0.1) is 0 Å². The van der Waals surface area contributed by atoms with E-state index in [4.69, 9.17) is 0 Å². The average molecular weight is 210 g/mol. The quantitative estimate of drug-likeness (QED) is 0.575. The van der Waals surface area contributed by atoms with Gasteiger partial charge in [0.05, 0.1) is 11.4 Å². The van der Waals surface area contributed by atoms with Crippen molar-refractivity contribution in [1.82, 2.24) is 5.32 Å². The Balaban J connectivity index is 0.000000921. The molecule has 0 atom stereocenters. The van der Waals surface area contributed by atoms with Crippen LogP contribution in [0.3, 0.4) is 0 Å². The highest BCUT2D eigenvalue weighted by Crippen LogP contribution is 2.23. The van der Waals surface area contributed by atoms with Crippen molar-refractivity contribution in [1.29, 1.82) is 0 Å². The van der Waals surface area contributed by atoms with Gasteiger partial charge in [-0.15, -0.1) is 0 Å². The summed E-state index contributed by atoms with van der Waals surface area (Å²) in [6.45, 7) is 5.74. The van der Waals surface area contributed by atoms with E-state index < -0.39 is 0 Å². The molecule has 0 radical (unpaired) electrons. The second-order valence-corrected chi connectivity index (χ2v) is 3.25. The lowest BCUT2D eigenvalue weighted by Gasteiger charge is -2.16. The average Bonchev–Trinajstić information content (AvgIpc) is 2.32. The molecule has 0 aromatic heterocycles. The zero-order valence-corrected chi connectivity index (χ0v) is 10.3. The molecule has 0 unspecified atom stereocenters. The number of aliphatic imine (C=N–C) groups is 1. The lowest BCUT2D eigenvalue weighted by molar-refractivity contribution is -0.102. The second-order valence-electron chi connectivity index (χ2n) is 3.25. The van der Waals surface area contributed by atoms with Crippen molar-refractivity contribution in [3.63, 3.8) is 0 Å². The van der Waals surface area contributed by atoms with Gasteiger partial charge in [0, 0.05) is 12.7 Å². The second kappa shape index (κ2) is 8.21. The fourth-order valence-electron chi connectivity index (χ4n) is 1.52. The Hall–Kier alpha value is -1.12. The number of hydrogen-bond acceptors (Lipinski definition) is 3. The zero-order chi connectivity index (χ0) is 11.7. The fourth-order valence-corrected chi connectivity index (χ4v) is 1.52. The predicted octanol–water partition coefficient (Wildman–Crippen LogP) is 2.68. The molecular weight excluding hydrogens is 188 g/mol. The van der Waals surface area contributed by atoms with E-state index >= 15 is 0 Å². The molecule has 86 valence electrons. The molecule has 3 heteroatoms. The third-order valence-electron chi connectivity index (χ3n) is 2.22. The van der Waals surface area contributed by atoms with Gasteiger partial charge in [0.25, 0.3) is 0 Å². The Kier molecular flexibility index (Phi) is 7.60. The summed E-state index contributed by atoms with van der Waals surface area (Å²) in [6.07, 6.45) is 5.24. The first kappa shape index (κ1) is 13.9. The third kappa shape index (κ3) is 4.77. The lowest BCUT2D eigenvalue weighted by atomic mass is 10.0. The predicted molar refractivity (Wildman–Crippen MR) is 65.1 cm³/mol. The van der Waals surface area contributed by atoms with Crippen molar-refractivity contribution in [3.8, 4) is 0 Å². The van der Waals surface area contributed by atoms with Crippen molar-refractivity contribution in [2.75, 3.05) is 7.05 Å². The van der Waals surface area contributed by atoms with E-state index in [9.17, 15) is 4.79 Å². The molecule has 0 aromatic carbocycles. The van der Waals surface area contributed by atoms with Crippen molar-refractivity contribution in [2.24, 2.45) is 4.99 Å². The SMILES string of the molecule is CC.CNC1=C(N=C(C)C=O)CCCC1. The van der Waals surface area contributed by atoms with Gasteiger partial charge in [0.15, 0.2) is 6.29 Å². The molecule has 0 spiro atoms. The van der Waals surface area contributed by atoms with Gasteiger partial charge in [0.2, 0.25) is 0 Å². The molecule has 1 aliphatic rings. The highest BCUT2D eigenvalue weighted by atomic mass is 16.1. The van der Waals surface area contributed by atoms with Gasteiger partial charge in [-0.2, -0.15) is 0 Å². The topological polar surface area (TPSA) is 41.5 Å². The third-order valence-corrected chi connectivity index (χ3v) is 2.22. The minimum Gasteiger partial charge on any atom is -0.390 e. The summed E-state index contributed by atoms with van der Waals surface area (Å²) < 4.78 is 0. The van der Waals surface area contributed by atoms with Crippen LogP contribution in [0.25, 0.3) is 0 Å². The van der Waals surface area contributed by atoms with Crippen molar-refractivity contribution >= 4 is 12.0 Å². The number of allylic oxidation sites excluding steroid dienone is 2. The Morgan fingerprint density at radius 2 is 1.93 bits per heavy atom. The highest BCUT2D eigenvalue weighted by molar-refractivity contribution is 6.27. The van der Waals surface area contributed by atoms with Crippen molar-refractivity contribution < 1.29 is 4.79 Å². The van der Waals surface area contributed by atoms with E-state index in [1.807, 2.05) is 20.9 Å². The summed E-state index contributed by atoms with van der Waals surface area (Å²) >= 11 is 0. The van der Waals surface area contributed by atoms with E-state index in [1.54, 1.807) is 6.92 Å². The van der Waals surface area contributed by atoms with E-state index in [1.165, 1.54) is 18.5 Å². The smallest absolute Gasteiger partial charge is 0.163 e. The molecule has 1 aliphatic carbocycles. The monoisotopic (exact) mass is 210 g/mol. The van der Waals surface area contributed by atoms with Gasteiger partial charge in [-0.3, -0.25) is 9.79 Å². The van der Waals surface area contributed by atoms with E-state index in [-0.39, 0.29) is 0 Å². The van der Waals surface area contributed by atoms with Crippen LogP contribution in [-0.4, -0.2) is 19.0 Å². The molecule has 1 N–H and O–H groups in total. The largest absolute Gasteiger partial charge is 0.390 e. The van der Waals surface area contributed by atoms with Crippen LogP contribution in [0.1, 0.15) is 46.5 Å². The Labute approximate surface area is 92.7 Å². The molecule has 1 rings (SSSR count). The maximum absolute atomic E-state index is 10.4. The lowest BCUT2D eigenvalue weighted by Crippen LogP contribution is -2.12. The van der Waals surface area contributed by atoms with Crippen LogP contribution in [-0.2, 0) is 4.79 Å². The number of nitrogens with zero attached hydrogens (tertiary/aromatic N) is 1. The molecule has 0 saturated heterocycles. The normalized spacial score (nSPS) is 16.7. The summed E-state index contributed by atoms with van der Waals surface area (Å²) in [6, 6.07) is 0. The molecule has 15 heavy (non-hydrogen) atoms. The first-order valence-electron chi connectivity index (χ1n) is 5.68. The first-order chi connectivity index (χ1) is 7.27. The summed E-state index contributed by atoms with van der Waals surface area (Å²) in [4.78, 5) is 14.7. The maximum atomic E-state index is 10.4. The molecular formula is C12H22N2O. The summed E-state index contributed by atoms with van der Waals surface area (Å²) in [5.74, 6) is 0. The van der Waals surface area contributed by atoms with E-state index in [2.05, 4.69) is 10.3 Å². The van der Waals surface area contributed by atoms with Gasteiger partial charge < -0.3 is 5.32 Å². The van der Waals surface area contributed by atoms with Crippen LogP contribution in [0.2, 0.25) is 0 Å². The van der Waals surface area contributed by atoms with Crippen LogP contribution < -0.4 is 5.32 Å². The van der Waals surface area contributed by atoms with E-state index in [0.717, 1.165) is 24.8 Å². The molecule has 0 heterocycles. The van der Waals surface area contributed by atoms with Gasteiger partial charge in [-0.1, -0.05) is 13.8 Å². The number of carbonyl (C=O) groups is 1. The number of aldehydes is 1. The van der Waals surface area contributed by atoms with Crippen LogP contribution >= 0.6 is 0 Å². The number of nitrogens with one attached hydrogen (secondary N) is 1. The number of hydrogen-bond donors (Lipinski definition) is 1. The standard InChI is InChI=1S/C10H16N2O.C2H6/c1-8(7-13)12-10-6-4-3-5-9(10)11-2;1-2/h7,11H,3-6H2,1-2H3;1-2H3. The van der Waals surface area contributed by atoms with Gasteiger partial charge in [0.1, 0.15) is 0 Å². The first-order valence-corrected chi connectivity index (χ1v) is 5.68. The molecule has 0 saturated carbocycles. The van der Waals surface area contributed by atoms with Gasteiger partial charge in [-0.05, 0) is 32.6 Å². The zero-order valence-electron chi connectivity index (χ0n) is 10.3. The Morgan fingerprint density at radius 3 is 2.47 bits per heavy atom. The van der Waals surface area contributed by atoms with Crippen LogP contribution in [0.4, 0.5) is 0 Å². The van der Waals surface area contributed by atoms with Gasteiger partial charge in [-0.25, -0.2) is 0 Å². The minimum atomic E-state index is 0.560. The number of carbonyl (C=O) groups excluding carboxylic acids is 1. The highest BCUT2D eigenvalue weighted by Gasteiger charge is 2.10. The molecule has 0 aromatic rings. The molecule has 0 fully saturated rings. The molecule has 0 amide bonds. The summed E-state index contributed by atoms with van der Waals surface area (Å²) in [5.41, 5.74) is 2.80. The maximum Gasteiger partial charge on any atom is 0.163 e. The van der Waals surface area contributed by atoms with E-state index in [0.29, 0.717) is 5.71 Å². The van der Waals surface area contributed by atoms with Crippen molar-refractivity contribution in [2.45, 2.75) is 46.5 Å². The molecule has 0 aliphatic heterocycles. The van der Waals surface area contributed by atoms with Crippen LogP contribution in [0.5, 0.6) is 0 Å². The molecule has 0 bridgehead atoms. The Bertz CT molecular complexity index is 254.